The maximum absolute atomic E-state index is 12.3. The molecule has 1 unspecified atom stereocenters. The van der Waals surface area contributed by atoms with E-state index in [1.807, 2.05) is 49.4 Å². The SMILES string of the molecule is Cc1ccccc1C(=O)NC(CC(=O)O)c1ccccc1. The van der Waals surface area contributed by atoms with Gasteiger partial charge < -0.3 is 10.4 Å². The van der Waals surface area contributed by atoms with Crippen LogP contribution in [0.5, 0.6) is 0 Å². The van der Waals surface area contributed by atoms with Crippen LogP contribution in [0.4, 0.5) is 0 Å². The Kier molecular flexibility index (Phi) is 4.72. The van der Waals surface area contributed by atoms with E-state index in [4.69, 9.17) is 5.11 Å². The molecule has 0 aliphatic heterocycles. The van der Waals surface area contributed by atoms with Crippen LogP contribution in [-0.4, -0.2) is 17.0 Å². The fourth-order valence-corrected chi connectivity index (χ4v) is 2.18. The number of carbonyl (C=O) groups is 2. The second-order valence-corrected chi connectivity index (χ2v) is 4.85. The van der Waals surface area contributed by atoms with Gasteiger partial charge in [-0.15, -0.1) is 0 Å². The number of nitrogens with one attached hydrogen (secondary N) is 1. The zero-order valence-corrected chi connectivity index (χ0v) is 11.7. The number of carboxylic acids is 1. The van der Waals surface area contributed by atoms with Crippen LogP contribution in [0.2, 0.25) is 0 Å². The summed E-state index contributed by atoms with van der Waals surface area (Å²) in [5.74, 6) is -1.21. The molecule has 0 heterocycles. The summed E-state index contributed by atoms with van der Waals surface area (Å²) in [6.07, 6.45) is -0.151. The Balaban J connectivity index is 2.21. The Bertz CT molecular complexity index is 637. The van der Waals surface area contributed by atoms with Crippen molar-refractivity contribution in [1.82, 2.24) is 5.32 Å². The predicted molar refractivity (Wildman–Crippen MR) is 80.1 cm³/mol. The number of rotatable bonds is 5. The highest BCUT2D eigenvalue weighted by Gasteiger charge is 2.19. The average Bonchev–Trinajstić information content (AvgIpc) is 2.47. The number of benzene rings is 2. The van der Waals surface area contributed by atoms with Gasteiger partial charge in [0.15, 0.2) is 0 Å². The minimum atomic E-state index is -0.950. The van der Waals surface area contributed by atoms with Gasteiger partial charge in [0, 0.05) is 5.56 Å². The van der Waals surface area contributed by atoms with Gasteiger partial charge in [0.1, 0.15) is 0 Å². The van der Waals surface area contributed by atoms with Gasteiger partial charge in [-0.1, -0.05) is 48.5 Å². The molecule has 0 aliphatic rings. The van der Waals surface area contributed by atoms with Crippen molar-refractivity contribution >= 4 is 11.9 Å². The van der Waals surface area contributed by atoms with Crippen molar-refractivity contribution in [3.8, 4) is 0 Å². The smallest absolute Gasteiger partial charge is 0.305 e. The zero-order chi connectivity index (χ0) is 15.2. The number of aliphatic carboxylic acids is 1. The lowest BCUT2D eigenvalue weighted by molar-refractivity contribution is -0.137. The molecule has 0 fully saturated rings. The number of hydrogen-bond acceptors (Lipinski definition) is 2. The van der Waals surface area contributed by atoms with Gasteiger partial charge in [-0.05, 0) is 24.1 Å². The highest BCUT2D eigenvalue weighted by Crippen LogP contribution is 2.18. The summed E-state index contributed by atoms with van der Waals surface area (Å²) in [7, 11) is 0. The van der Waals surface area contributed by atoms with Crippen molar-refractivity contribution < 1.29 is 14.7 Å². The molecule has 0 bridgehead atoms. The van der Waals surface area contributed by atoms with Crippen LogP contribution in [0.1, 0.15) is 33.9 Å². The van der Waals surface area contributed by atoms with E-state index in [1.54, 1.807) is 12.1 Å². The summed E-state index contributed by atoms with van der Waals surface area (Å²) < 4.78 is 0. The number of carbonyl (C=O) groups excluding carboxylic acids is 1. The molecule has 1 atom stereocenters. The molecule has 4 nitrogen and oxygen atoms in total. The molecule has 0 spiro atoms. The number of aryl methyl sites for hydroxylation is 1. The van der Waals surface area contributed by atoms with Gasteiger partial charge in [-0.2, -0.15) is 0 Å². The lowest BCUT2D eigenvalue weighted by Crippen LogP contribution is -2.30. The maximum Gasteiger partial charge on any atom is 0.305 e. The van der Waals surface area contributed by atoms with E-state index >= 15 is 0 Å². The van der Waals surface area contributed by atoms with E-state index in [1.165, 1.54) is 0 Å². The fourth-order valence-electron chi connectivity index (χ4n) is 2.18. The monoisotopic (exact) mass is 283 g/mol. The van der Waals surface area contributed by atoms with Gasteiger partial charge >= 0.3 is 5.97 Å². The molecule has 1 amide bonds. The summed E-state index contributed by atoms with van der Waals surface area (Å²) in [6.45, 7) is 1.85. The van der Waals surface area contributed by atoms with Crippen LogP contribution in [0.15, 0.2) is 54.6 Å². The van der Waals surface area contributed by atoms with Gasteiger partial charge in [-0.3, -0.25) is 9.59 Å². The molecular weight excluding hydrogens is 266 g/mol. The minimum Gasteiger partial charge on any atom is -0.481 e. The van der Waals surface area contributed by atoms with Crippen LogP contribution in [0.25, 0.3) is 0 Å². The van der Waals surface area contributed by atoms with Crippen molar-refractivity contribution in [3.63, 3.8) is 0 Å². The van der Waals surface area contributed by atoms with Crippen LogP contribution in [0.3, 0.4) is 0 Å². The number of amides is 1. The van der Waals surface area contributed by atoms with E-state index in [2.05, 4.69) is 5.32 Å². The molecule has 2 rings (SSSR count). The summed E-state index contributed by atoms with van der Waals surface area (Å²) >= 11 is 0. The Morgan fingerprint density at radius 3 is 2.29 bits per heavy atom. The molecule has 0 aromatic heterocycles. The third-order valence-corrected chi connectivity index (χ3v) is 3.28. The lowest BCUT2D eigenvalue weighted by atomic mass is 10.0. The van der Waals surface area contributed by atoms with E-state index < -0.39 is 12.0 Å². The lowest BCUT2D eigenvalue weighted by Gasteiger charge is -2.18. The predicted octanol–water partition coefficient (Wildman–Crippen LogP) is 2.94. The van der Waals surface area contributed by atoms with E-state index in [0.717, 1.165) is 11.1 Å². The summed E-state index contributed by atoms with van der Waals surface area (Å²) in [5.41, 5.74) is 2.20. The quantitative estimate of drug-likeness (QED) is 0.886. The molecule has 2 N–H and O–H groups in total. The van der Waals surface area contributed by atoms with E-state index in [-0.39, 0.29) is 12.3 Å². The van der Waals surface area contributed by atoms with E-state index in [0.29, 0.717) is 5.56 Å². The number of carboxylic acid groups (broad SMARTS) is 1. The van der Waals surface area contributed by atoms with Crippen LogP contribution in [-0.2, 0) is 4.79 Å². The molecule has 108 valence electrons. The first-order chi connectivity index (χ1) is 10.1. The molecule has 4 heteroatoms. The highest BCUT2D eigenvalue weighted by atomic mass is 16.4. The minimum absolute atomic E-state index is 0.151. The van der Waals surface area contributed by atoms with Crippen molar-refractivity contribution in [2.75, 3.05) is 0 Å². The first kappa shape index (κ1) is 14.8. The Morgan fingerprint density at radius 1 is 1.05 bits per heavy atom. The van der Waals surface area contributed by atoms with Crippen molar-refractivity contribution in [3.05, 3.63) is 71.3 Å². The van der Waals surface area contributed by atoms with Crippen molar-refractivity contribution in [1.29, 1.82) is 0 Å². The van der Waals surface area contributed by atoms with Gasteiger partial charge in [0.2, 0.25) is 0 Å². The largest absolute Gasteiger partial charge is 0.481 e. The van der Waals surface area contributed by atoms with Gasteiger partial charge in [0.25, 0.3) is 5.91 Å². The second-order valence-electron chi connectivity index (χ2n) is 4.85. The Morgan fingerprint density at radius 2 is 1.67 bits per heavy atom. The highest BCUT2D eigenvalue weighted by molar-refractivity contribution is 5.96. The standard InChI is InChI=1S/C17H17NO3/c1-12-7-5-6-10-14(12)17(21)18-15(11-16(19)20)13-8-3-2-4-9-13/h2-10,15H,11H2,1H3,(H,18,21)(H,19,20). The first-order valence-electron chi connectivity index (χ1n) is 6.71. The number of hydrogen-bond donors (Lipinski definition) is 2. The fraction of sp³-hybridized carbons (Fsp3) is 0.176. The molecule has 2 aromatic rings. The average molecular weight is 283 g/mol. The summed E-state index contributed by atoms with van der Waals surface area (Å²) in [5, 5.41) is 11.8. The molecule has 0 radical (unpaired) electrons. The second kappa shape index (κ2) is 6.70. The third kappa shape index (κ3) is 3.92. The third-order valence-electron chi connectivity index (χ3n) is 3.28. The van der Waals surface area contributed by atoms with Gasteiger partial charge in [-0.25, -0.2) is 0 Å². The van der Waals surface area contributed by atoms with Crippen LogP contribution < -0.4 is 5.32 Å². The zero-order valence-electron chi connectivity index (χ0n) is 11.7. The van der Waals surface area contributed by atoms with Crippen molar-refractivity contribution in [2.45, 2.75) is 19.4 Å². The normalized spacial score (nSPS) is 11.7. The molecule has 0 saturated carbocycles. The first-order valence-corrected chi connectivity index (χ1v) is 6.71. The van der Waals surface area contributed by atoms with Gasteiger partial charge in [0.05, 0.1) is 12.5 Å². The molecule has 21 heavy (non-hydrogen) atoms. The molecular formula is C17H17NO3. The Hall–Kier alpha value is -2.62. The molecule has 0 saturated heterocycles. The summed E-state index contributed by atoms with van der Waals surface area (Å²) in [4.78, 5) is 23.3. The maximum atomic E-state index is 12.3. The Labute approximate surface area is 123 Å². The van der Waals surface area contributed by atoms with Crippen molar-refractivity contribution in [2.24, 2.45) is 0 Å². The summed E-state index contributed by atoms with van der Waals surface area (Å²) in [6, 6.07) is 15.8. The topological polar surface area (TPSA) is 66.4 Å². The molecule has 0 aliphatic carbocycles. The van der Waals surface area contributed by atoms with Crippen LogP contribution in [0, 0.1) is 6.92 Å². The molecule has 2 aromatic carbocycles. The van der Waals surface area contributed by atoms with Crippen LogP contribution >= 0.6 is 0 Å². The van der Waals surface area contributed by atoms with E-state index in [9.17, 15) is 9.59 Å².